The summed E-state index contributed by atoms with van der Waals surface area (Å²) in [4.78, 5) is 11.7. The fraction of sp³-hybridized carbons (Fsp3) is 0.500. The van der Waals surface area contributed by atoms with Crippen molar-refractivity contribution < 1.29 is 14.5 Å². The Hall–Kier alpha value is -1.42. The van der Waals surface area contributed by atoms with Crippen LogP contribution in [0.4, 0.5) is 10.1 Å². The van der Waals surface area contributed by atoms with E-state index in [9.17, 15) is 9.18 Å². The van der Waals surface area contributed by atoms with Crippen molar-refractivity contribution in [3.63, 3.8) is 0 Å². The molecule has 0 bridgehead atoms. The fourth-order valence-corrected chi connectivity index (χ4v) is 2.42. The fourth-order valence-electron chi connectivity index (χ4n) is 2.42. The maximum absolute atomic E-state index is 12.9. The SMILES string of the molecule is O=C(C[NH2+]C1CCCCC1)Nc1cccc(F)c1. The molecule has 3 N–H and O–H groups in total. The summed E-state index contributed by atoms with van der Waals surface area (Å²) < 4.78 is 12.9. The van der Waals surface area contributed by atoms with Gasteiger partial charge in [0.15, 0.2) is 6.54 Å². The molecule has 1 amide bonds. The van der Waals surface area contributed by atoms with Crippen molar-refractivity contribution in [2.24, 2.45) is 0 Å². The predicted octanol–water partition coefficient (Wildman–Crippen LogP) is 1.66. The van der Waals surface area contributed by atoms with Gasteiger partial charge in [-0.1, -0.05) is 12.5 Å². The first kappa shape index (κ1) is 13.0. The first-order chi connectivity index (χ1) is 8.74. The van der Waals surface area contributed by atoms with E-state index < -0.39 is 0 Å². The molecule has 98 valence electrons. The normalized spacial score (nSPS) is 16.5. The number of rotatable bonds is 4. The van der Waals surface area contributed by atoms with Crippen LogP contribution in [0, 0.1) is 5.82 Å². The standard InChI is InChI=1S/C14H19FN2O/c15-11-5-4-8-13(9-11)17-14(18)10-16-12-6-2-1-3-7-12/h4-5,8-9,12,16H,1-3,6-7,10H2,(H,17,18)/p+1. The summed E-state index contributed by atoms with van der Waals surface area (Å²) in [6.45, 7) is 0.418. The van der Waals surface area contributed by atoms with Crippen LogP contribution in [0.2, 0.25) is 0 Å². The van der Waals surface area contributed by atoms with E-state index in [1.165, 1.54) is 44.2 Å². The van der Waals surface area contributed by atoms with Gasteiger partial charge in [-0.3, -0.25) is 4.79 Å². The van der Waals surface area contributed by atoms with Crippen molar-refractivity contribution in [3.8, 4) is 0 Å². The van der Waals surface area contributed by atoms with Gasteiger partial charge >= 0.3 is 0 Å². The number of carbonyl (C=O) groups is 1. The van der Waals surface area contributed by atoms with Crippen LogP contribution in [-0.4, -0.2) is 18.5 Å². The van der Waals surface area contributed by atoms with E-state index in [1.54, 1.807) is 12.1 Å². The van der Waals surface area contributed by atoms with E-state index in [1.807, 2.05) is 0 Å². The molecule has 0 saturated heterocycles. The van der Waals surface area contributed by atoms with Gasteiger partial charge in [-0.25, -0.2) is 4.39 Å². The second-order valence-electron chi connectivity index (χ2n) is 4.90. The molecule has 3 nitrogen and oxygen atoms in total. The van der Waals surface area contributed by atoms with E-state index in [0.717, 1.165) is 0 Å². The van der Waals surface area contributed by atoms with Gasteiger partial charge in [0.2, 0.25) is 0 Å². The van der Waals surface area contributed by atoms with Crippen LogP contribution in [-0.2, 0) is 4.79 Å². The maximum Gasteiger partial charge on any atom is 0.279 e. The van der Waals surface area contributed by atoms with E-state index in [-0.39, 0.29) is 11.7 Å². The molecule has 4 heteroatoms. The summed E-state index contributed by atoms with van der Waals surface area (Å²) in [6, 6.07) is 6.57. The number of anilines is 1. The quantitative estimate of drug-likeness (QED) is 0.840. The molecule has 1 fully saturated rings. The highest BCUT2D eigenvalue weighted by molar-refractivity contribution is 5.91. The summed E-state index contributed by atoms with van der Waals surface area (Å²) in [6.07, 6.45) is 6.26. The molecule has 0 heterocycles. The largest absolute Gasteiger partial charge is 0.336 e. The van der Waals surface area contributed by atoms with Gasteiger partial charge in [-0.15, -0.1) is 0 Å². The predicted molar refractivity (Wildman–Crippen MR) is 68.7 cm³/mol. The van der Waals surface area contributed by atoms with Crippen molar-refractivity contribution in [2.75, 3.05) is 11.9 Å². The molecule has 0 spiro atoms. The Labute approximate surface area is 107 Å². The first-order valence-electron chi connectivity index (χ1n) is 6.63. The number of hydrogen-bond donors (Lipinski definition) is 2. The van der Waals surface area contributed by atoms with E-state index >= 15 is 0 Å². The molecule has 1 aromatic carbocycles. The molecule has 2 rings (SSSR count). The van der Waals surface area contributed by atoms with E-state index in [2.05, 4.69) is 10.6 Å². The Morgan fingerprint density at radius 1 is 1.33 bits per heavy atom. The van der Waals surface area contributed by atoms with Gasteiger partial charge in [0.05, 0.1) is 6.04 Å². The Balaban J connectivity index is 1.74. The molecule has 1 aliphatic rings. The minimum absolute atomic E-state index is 0.0637. The lowest BCUT2D eigenvalue weighted by Crippen LogP contribution is -2.91. The van der Waals surface area contributed by atoms with Crippen molar-refractivity contribution in [1.29, 1.82) is 0 Å². The van der Waals surface area contributed by atoms with Crippen LogP contribution in [0.25, 0.3) is 0 Å². The molecule has 1 saturated carbocycles. The molecular weight excluding hydrogens is 231 g/mol. The van der Waals surface area contributed by atoms with Gasteiger partial charge in [0.25, 0.3) is 5.91 Å². The highest BCUT2D eigenvalue weighted by Gasteiger charge is 2.17. The molecule has 0 aromatic heterocycles. The molecule has 1 aliphatic carbocycles. The first-order valence-corrected chi connectivity index (χ1v) is 6.63. The van der Waals surface area contributed by atoms with Gasteiger partial charge in [0, 0.05) is 5.69 Å². The van der Waals surface area contributed by atoms with Gasteiger partial charge in [-0.2, -0.15) is 0 Å². The number of nitrogens with two attached hydrogens (primary N) is 1. The van der Waals surface area contributed by atoms with E-state index in [0.29, 0.717) is 18.3 Å². The average Bonchev–Trinajstić information content (AvgIpc) is 2.38. The third kappa shape index (κ3) is 4.11. The van der Waals surface area contributed by atoms with Gasteiger partial charge in [0.1, 0.15) is 5.82 Å². The van der Waals surface area contributed by atoms with Crippen LogP contribution >= 0.6 is 0 Å². The van der Waals surface area contributed by atoms with Crippen LogP contribution in [0.5, 0.6) is 0 Å². The molecule has 0 unspecified atom stereocenters. The van der Waals surface area contributed by atoms with Crippen molar-refractivity contribution in [1.82, 2.24) is 0 Å². The molecule has 1 aromatic rings. The molecular formula is C14H20FN2O+. The van der Waals surface area contributed by atoms with Crippen molar-refractivity contribution in [2.45, 2.75) is 38.1 Å². The van der Waals surface area contributed by atoms with Crippen LogP contribution in [0.3, 0.4) is 0 Å². The average molecular weight is 251 g/mol. The second kappa shape index (κ2) is 6.50. The van der Waals surface area contributed by atoms with Crippen molar-refractivity contribution >= 4 is 11.6 Å². The lowest BCUT2D eigenvalue weighted by Gasteiger charge is -2.19. The number of hydrogen-bond acceptors (Lipinski definition) is 1. The summed E-state index contributed by atoms with van der Waals surface area (Å²) in [5, 5.41) is 4.82. The third-order valence-corrected chi connectivity index (χ3v) is 3.39. The lowest BCUT2D eigenvalue weighted by molar-refractivity contribution is -0.681. The Morgan fingerprint density at radius 2 is 2.11 bits per heavy atom. The minimum atomic E-state index is -0.330. The topological polar surface area (TPSA) is 45.7 Å². The van der Waals surface area contributed by atoms with Gasteiger partial charge < -0.3 is 10.6 Å². The zero-order valence-electron chi connectivity index (χ0n) is 10.5. The summed E-state index contributed by atoms with van der Waals surface area (Å²) in [5.41, 5.74) is 0.525. The number of nitrogens with one attached hydrogen (secondary N) is 1. The van der Waals surface area contributed by atoms with Gasteiger partial charge in [-0.05, 0) is 43.9 Å². The van der Waals surface area contributed by atoms with Crippen molar-refractivity contribution in [3.05, 3.63) is 30.1 Å². The number of quaternary nitrogens is 1. The van der Waals surface area contributed by atoms with Crippen LogP contribution in [0.1, 0.15) is 32.1 Å². The second-order valence-corrected chi connectivity index (χ2v) is 4.90. The highest BCUT2D eigenvalue weighted by Crippen LogP contribution is 2.14. The number of halogens is 1. The summed E-state index contributed by atoms with van der Waals surface area (Å²) in [7, 11) is 0. The molecule has 0 atom stereocenters. The van der Waals surface area contributed by atoms with E-state index in [4.69, 9.17) is 0 Å². The Bertz CT molecular complexity index is 403. The number of amides is 1. The smallest absolute Gasteiger partial charge is 0.279 e. The minimum Gasteiger partial charge on any atom is -0.336 e. The molecule has 18 heavy (non-hydrogen) atoms. The highest BCUT2D eigenvalue weighted by atomic mass is 19.1. The Morgan fingerprint density at radius 3 is 2.83 bits per heavy atom. The number of carbonyl (C=O) groups excluding carboxylic acids is 1. The molecule has 0 aliphatic heterocycles. The maximum atomic E-state index is 12.9. The molecule has 0 radical (unpaired) electrons. The van der Waals surface area contributed by atoms with Crippen LogP contribution in [0.15, 0.2) is 24.3 Å². The summed E-state index contributed by atoms with van der Waals surface area (Å²) in [5.74, 6) is -0.393. The van der Waals surface area contributed by atoms with Crippen LogP contribution < -0.4 is 10.6 Å². The Kier molecular flexibility index (Phi) is 4.70. The third-order valence-electron chi connectivity index (χ3n) is 3.39. The zero-order valence-corrected chi connectivity index (χ0v) is 10.5. The number of benzene rings is 1. The monoisotopic (exact) mass is 251 g/mol. The zero-order chi connectivity index (χ0) is 12.8. The summed E-state index contributed by atoms with van der Waals surface area (Å²) >= 11 is 0. The lowest BCUT2D eigenvalue weighted by atomic mass is 9.95.